The standard InChI is InChI=1S/C11H22N2O2/c1-3-10-14-12(6-1)8-5-9-13-7-2-4-11-15-13/h1-11H2. The molecule has 0 atom stereocenters. The molecule has 0 aliphatic carbocycles. The van der Waals surface area contributed by atoms with Gasteiger partial charge in [0, 0.05) is 26.2 Å². The summed E-state index contributed by atoms with van der Waals surface area (Å²) in [7, 11) is 0. The Morgan fingerprint density at radius 2 is 1.27 bits per heavy atom. The van der Waals surface area contributed by atoms with Gasteiger partial charge < -0.3 is 0 Å². The van der Waals surface area contributed by atoms with Crippen molar-refractivity contribution in [1.82, 2.24) is 10.1 Å². The monoisotopic (exact) mass is 214 g/mol. The molecule has 0 unspecified atom stereocenters. The maximum absolute atomic E-state index is 5.54. The van der Waals surface area contributed by atoms with Crippen molar-refractivity contribution in [1.29, 1.82) is 0 Å². The largest absolute Gasteiger partial charge is 0.299 e. The van der Waals surface area contributed by atoms with Crippen molar-refractivity contribution in [3.63, 3.8) is 0 Å². The lowest BCUT2D eigenvalue weighted by Crippen LogP contribution is -2.35. The lowest BCUT2D eigenvalue weighted by molar-refractivity contribution is -0.197. The van der Waals surface area contributed by atoms with Crippen LogP contribution in [0.3, 0.4) is 0 Å². The van der Waals surface area contributed by atoms with E-state index in [2.05, 4.69) is 10.1 Å². The molecule has 0 radical (unpaired) electrons. The molecule has 4 nitrogen and oxygen atoms in total. The minimum absolute atomic E-state index is 0.903. The Labute approximate surface area is 92.0 Å². The number of nitrogens with zero attached hydrogens (tertiary/aromatic N) is 2. The van der Waals surface area contributed by atoms with Crippen LogP contribution in [-0.2, 0) is 9.68 Å². The van der Waals surface area contributed by atoms with E-state index in [1.54, 1.807) is 0 Å². The van der Waals surface area contributed by atoms with Crippen molar-refractivity contribution < 1.29 is 9.68 Å². The SMILES string of the molecule is C1CCN(CCCN2CCCCO2)OC1. The first-order valence-electron chi connectivity index (χ1n) is 6.21. The summed E-state index contributed by atoms with van der Waals surface area (Å²) in [5, 5.41) is 4.21. The second-order valence-corrected chi connectivity index (χ2v) is 4.29. The van der Waals surface area contributed by atoms with Crippen molar-refractivity contribution in [2.45, 2.75) is 32.1 Å². The lowest BCUT2D eigenvalue weighted by Gasteiger charge is -2.29. The molecular weight excluding hydrogens is 192 g/mol. The summed E-state index contributed by atoms with van der Waals surface area (Å²) in [5.74, 6) is 0. The molecule has 0 amide bonds. The molecule has 0 aromatic rings. The molecule has 0 bridgehead atoms. The van der Waals surface area contributed by atoms with Gasteiger partial charge in [-0.15, -0.1) is 0 Å². The van der Waals surface area contributed by atoms with Crippen LogP contribution in [0.1, 0.15) is 32.1 Å². The number of hydroxylamine groups is 4. The van der Waals surface area contributed by atoms with Crippen LogP contribution < -0.4 is 0 Å². The van der Waals surface area contributed by atoms with E-state index in [-0.39, 0.29) is 0 Å². The zero-order chi connectivity index (χ0) is 10.3. The van der Waals surface area contributed by atoms with Crippen molar-refractivity contribution in [2.24, 2.45) is 0 Å². The Bertz CT molecular complexity index is 148. The van der Waals surface area contributed by atoms with Gasteiger partial charge in [-0.1, -0.05) is 0 Å². The fourth-order valence-corrected chi connectivity index (χ4v) is 2.07. The smallest absolute Gasteiger partial charge is 0.0685 e. The summed E-state index contributed by atoms with van der Waals surface area (Å²) in [4.78, 5) is 11.1. The highest BCUT2D eigenvalue weighted by atomic mass is 16.7. The van der Waals surface area contributed by atoms with Crippen LogP contribution in [0.5, 0.6) is 0 Å². The van der Waals surface area contributed by atoms with E-state index in [9.17, 15) is 0 Å². The van der Waals surface area contributed by atoms with E-state index < -0.39 is 0 Å². The highest BCUT2D eigenvalue weighted by Gasteiger charge is 2.13. The summed E-state index contributed by atoms with van der Waals surface area (Å²) in [6.07, 6.45) is 6.12. The van der Waals surface area contributed by atoms with E-state index in [0.29, 0.717) is 0 Å². The Morgan fingerprint density at radius 1 is 0.733 bits per heavy atom. The molecule has 2 heterocycles. The quantitative estimate of drug-likeness (QED) is 0.707. The molecule has 0 aromatic heterocycles. The van der Waals surface area contributed by atoms with Gasteiger partial charge in [-0.3, -0.25) is 9.68 Å². The van der Waals surface area contributed by atoms with Gasteiger partial charge in [-0.05, 0) is 32.1 Å². The van der Waals surface area contributed by atoms with Crippen LogP contribution in [0.4, 0.5) is 0 Å². The summed E-state index contributed by atoms with van der Waals surface area (Å²) in [5.41, 5.74) is 0. The van der Waals surface area contributed by atoms with Crippen molar-refractivity contribution in [3.8, 4) is 0 Å². The van der Waals surface area contributed by atoms with Crippen LogP contribution in [0, 0.1) is 0 Å². The highest BCUT2D eigenvalue weighted by Crippen LogP contribution is 2.09. The van der Waals surface area contributed by atoms with Gasteiger partial charge in [0.05, 0.1) is 13.2 Å². The van der Waals surface area contributed by atoms with Gasteiger partial charge in [0.25, 0.3) is 0 Å². The second-order valence-electron chi connectivity index (χ2n) is 4.29. The van der Waals surface area contributed by atoms with Gasteiger partial charge in [0.15, 0.2) is 0 Å². The maximum Gasteiger partial charge on any atom is 0.0685 e. The lowest BCUT2D eigenvalue weighted by atomic mass is 10.2. The molecule has 2 aliphatic rings. The average Bonchev–Trinajstić information content (AvgIpc) is 2.32. The van der Waals surface area contributed by atoms with Crippen LogP contribution in [0.25, 0.3) is 0 Å². The second kappa shape index (κ2) is 6.43. The van der Waals surface area contributed by atoms with E-state index >= 15 is 0 Å². The normalized spacial score (nSPS) is 25.6. The molecular formula is C11H22N2O2. The van der Waals surface area contributed by atoms with Crippen LogP contribution in [0.2, 0.25) is 0 Å². The van der Waals surface area contributed by atoms with Gasteiger partial charge in [-0.2, -0.15) is 10.1 Å². The number of hydrogen-bond donors (Lipinski definition) is 0. The molecule has 0 N–H and O–H groups in total. The fraction of sp³-hybridized carbons (Fsp3) is 1.00. The average molecular weight is 214 g/mol. The van der Waals surface area contributed by atoms with Crippen molar-refractivity contribution in [2.75, 3.05) is 39.4 Å². The maximum atomic E-state index is 5.54. The molecule has 0 spiro atoms. The molecule has 88 valence electrons. The Kier molecular flexibility index (Phi) is 4.86. The van der Waals surface area contributed by atoms with Crippen LogP contribution >= 0.6 is 0 Å². The van der Waals surface area contributed by atoms with Gasteiger partial charge in [0.2, 0.25) is 0 Å². The third-order valence-corrected chi connectivity index (χ3v) is 2.97. The molecule has 2 saturated heterocycles. The molecule has 2 fully saturated rings. The number of rotatable bonds is 4. The summed E-state index contributed by atoms with van der Waals surface area (Å²) < 4.78 is 0. The minimum Gasteiger partial charge on any atom is -0.299 e. The fourth-order valence-electron chi connectivity index (χ4n) is 2.07. The minimum atomic E-state index is 0.903. The van der Waals surface area contributed by atoms with Crippen molar-refractivity contribution >= 4 is 0 Å². The van der Waals surface area contributed by atoms with Crippen LogP contribution in [0.15, 0.2) is 0 Å². The van der Waals surface area contributed by atoms with Gasteiger partial charge >= 0.3 is 0 Å². The van der Waals surface area contributed by atoms with Crippen molar-refractivity contribution in [3.05, 3.63) is 0 Å². The summed E-state index contributed by atoms with van der Waals surface area (Å²) in [6.45, 7) is 6.09. The molecule has 4 heteroatoms. The molecule has 2 rings (SSSR count). The third-order valence-electron chi connectivity index (χ3n) is 2.97. The first kappa shape index (κ1) is 11.3. The predicted octanol–water partition coefficient (Wildman–Crippen LogP) is 1.43. The Hall–Kier alpha value is -0.160. The summed E-state index contributed by atoms with van der Waals surface area (Å²) >= 11 is 0. The third kappa shape index (κ3) is 4.07. The highest BCUT2D eigenvalue weighted by molar-refractivity contribution is 4.57. The number of hydrogen-bond acceptors (Lipinski definition) is 4. The van der Waals surface area contributed by atoms with Crippen LogP contribution in [-0.4, -0.2) is 49.5 Å². The molecule has 15 heavy (non-hydrogen) atoms. The predicted molar refractivity (Wildman–Crippen MR) is 58.1 cm³/mol. The Morgan fingerprint density at radius 3 is 1.67 bits per heavy atom. The zero-order valence-electron chi connectivity index (χ0n) is 9.49. The molecule has 0 aromatic carbocycles. The van der Waals surface area contributed by atoms with E-state index in [0.717, 1.165) is 45.8 Å². The first-order valence-corrected chi connectivity index (χ1v) is 6.21. The van der Waals surface area contributed by atoms with Gasteiger partial charge in [0.1, 0.15) is 0 Å². The molecule has 0 saturated carbocycles. The topological polar surface area (TPSA) is 24.9 Å². The molecule has 2 aliphatic heterocycles. The van der Waals surface area contributed by atoms with E-state index in [1.807, 2.05) is 0 Å². The van der Waals surface area contributed by atoms with E-state index in [4.69, 9.17) is 9.68 Å². The van der Waals surface area contributed by atoms with Gasteiger partial charge in [-0.25, -0.2) is 0 Å². The summed E-state index contributed by atoms with van der Waals surface area (Å²) in [6, 6.07) is 0. The van der Waals surface area contributed by atoms with E-state index in [1.165, 1.54) is 25.7 Å². The zero-order valence-corrected chi connectivity index (χ0v) is 9.49. The Balaban J connectivity index is 1.53. The first-order chi connectivity index (χ1) is 7.45.